The third-order valence-electron chi connectivity index (χ3n) is 5.74. The summed E-state index contributed by atoms with van der Waals surface area (Å²) in [7, 11) is 3.15. The van der Waals surface area contributed by atoms with Gasteiger partial charge in [-0.1, -0.05) is 53.5 Å². The van der Waals surface area contributed by atoms with Crippen LogP contribution in [0.2, 0.25) is 10.0 Å². The molecule has 0 unspecified atom stereocenters. The Hall–Kier alpha value is -4.05. The summed E-state index contributed by atoms with van der Waals surface area (Å²) >= 11 is 12.2. The zero-order valence-electron chi connectivity index (χ0n) is 18.8. The van der Waals surface area contributed by atoms with Crippen molar-refractivity contribution in [3.05, 3.63) is 82.3 Å². The van der Waals surface area contributed by atoms with Crippen LogP contribution in [-0.4, -0.2) is 29.4 Å². The van der Waals surface area contributed by atoms with E-state index in [-0.39, 0.29) is 0 Å². The van der Waals surface area contributed by atoms with Crippen LogP contribution in [0.15, 0.2) is 66.7 Å². The van der Waals surface area contributed by atoms with Crippen molar-refractivity contribution in [1.29, 1.82) is 5.26 Å². The molecule has 0 aliphatic heterocycles. The van der Waals surface area contributed by atoms with E-state index >= 15 is 0 Å². The number of nitriles is 1. The molecule has 172 valence electrons. The Morgan fingerprint density at radius 1 is 0.800 bits per heavy atom. The summed E-state index contributed by atoms with van der Waals surface area (Å²) in [6.07, 6.45) is 0. The second-order valence-electron chi connectivity index (χ2n) is 7.70. The summed E-state index contributed by atoms with van der Waals surface area (Å²) in [5.41, 5.74) is 5.19. The smallest absolute Gasteiger partial charge is 0.182 e. The summed E-state index contributed by atoms with van der Waals surface area (Å²) in [6.45, 7) is 0. The van der Waals surface area contributed by atoms with E-state index in [9.17, 15) is 5.26 Å². The number of pyridine rings is 1. The predicted octanol–water partition coefficient (Wildman–Crippen LogP) is 7.15. The number of fused-ring (bicyclic) bond motifs is 1. The second-order valence-corrected chi connectivity index (χ2v) is 8.58. The van der Waals surface area contributed by atoms with Gasteiger partial charge in [0.15, 0.2) is 17.1 Å². The molecule has 0 aliphatic carbocycles. The molecule has 0 radical (unpaired) electrons. The quantitative estimate of drug-likeness (QED) is 0.276. The number of hydrogen-bond donors (Lipinski definition) is 1. The Balaban J connectivity index is 1.88. The predicted molar refractivity (Wildman–Crippen MR) is 138 cm³/mol. The standard InChI is InChI=1S/C27H18Cl2N4O2/c1-34-21-12-7-17(13-22(21)35-2)23-20(14-30)25(15-3-8-18(28)9-4-15)31-27-24(23)26(32-33-27)16-5-10-19(29)11-6-16/h3-13H,1-2H3,(H,31,32,33). The number of hydrogen-bond acceptors (Lipinski definition) is 5. The van der Waals surface area contributed by atoms with Crippen molar-refractivity contribution >= 4 is 34.2 Å². The number of aromatic nitrogens is 3. The maximum absolute atomic E-state index is 10.4. The van der Waals surface area contributed by atoms with E-state index in [4.69, 9.17) is 37.7 Å². The van der Waals surface area contributed by atoms with E-state index in [0.29, 0.717) is 49.4 Å². The Labute approximate surface area is 211 Å². The van der Waals surface area contributed by atoms with Crippen molar-refractivity contribution in [2.75, 3.05) is 14.2 Å². The number of nitrogens with one attached hydrogen (secondary N) is 1. The highest BCUT2D eigenvalue weighted by Gasteiger charge is 2.24. The molecule has 0 bridgehead atoms. The fraction of sp³-hybridized carbons (Fsp3) is 0.0741. The number of halogens is 2. The zero-order chi connectivity index (χ0) is 24.5. The first-order valence-corrected chi connectivity index (χ1v) is 11.4. The lowest BCUT2D eigenvalue weighted by molar-refractivity contribution is 0.355. The van der Waals surface area contributed by atoms with Crippen LogP contribution in [-0.2, 0) is 0 Å². The first-order valence-electron chi connectivity index (χ1n) is 10.6. The average Bonchev–Trinajstić information content (AvgIpc) is 3.31. The molecule has 5 aromatic rings. The monoisotopic (exact) mass is 500 g/mol. The van der Waals surface area contributed by atoms with E-state index in [2.05, 4.69) is 16.3 Å². The van der Waals surface area contributed by atoms with Crippen LogP contribution in [0.25, 0.3) is 44.7 Å². The molecule has 5 rings (SSSR count). The number of methoxy groups -OCH3 is 2. The topological polar surface area (TPSA) is 83.8 Å². The zero-order valence-corrected chi connectivity index (χ0v) is 20.3. The normalized spacial score (nSPS) is 10.8. The van der Waals surface area contributed by atoms with Gasteiger partial charge in [0.1, 0.15) is 6.07 Å². The minimum absolute atomic E-state index is 0.406. The SMILES string of the molecule is COc1ccc(-c2c(C#N)c(-c3ccc(Cl)cc3)nc3n[nH]c(-c4ccc(Cl)cc4)c23)cc1OC. The third kappa shape index (κ3) is 4.06. The molecule has 0 spiro atoms. The summed E-state index contributed by atoms with van der Waals surface area (Å²) in [4.78, 5) is 4.78. The fourth-order valence-corrected chi connectivity index (χ4v) is 4.34. The molecule has 35 heavy (non-hydrogen) atoms. The van der Waals surface area contributed by atoms with Gasteiger partial charge in [0, 0.05) is 26.7 Å². The maximum Gasteiger partial charge on any atom is 0.182 e. The molecule has 1 N–H and O–H groups in total. The number of aromatic amines is 1. The number of benzene rings is 3. The van der Waals surface area contributed by atoms with Crippen LogP contribution in [0.5, 0.6) is 11.5 Å². The van der Waals surface area contributed by atoms with Crippen LogP contribution in [0.4, 0.5) is 0 Å². The molecule has 6 nitrogen and oxygen atoms in total. The van der Waals surface area contributed by atoms with Gasteiger partial charge in [-0.25, -0.2) is 4.98 Å². The summed E-state index contributed by atoms with van der Waals surface area (Å²) in [6, 6.07) is 22.5. The lowest BCUT2D eigenvalue weighted by Gasteiger charge is -2.14. The van der Waals surface area contributed by atoms with Gasteiger partial charge >= 0.3 is 0 Å². The highest BCUT2D eigenvalue weighted by atomic mass is 35.5. The number of nitrogens with zero attached hydrogens (tertiary/aromatic N) is 3. The highest BCUT2D eigenvalue weighted by molar-refractivity contribution is 6.31. The van der Waals surface area contributed by atoms with Gasteiger partial charge in [0.2, 0.25) is 0 Å². The molecule has 0 amide bonds. The highest BCUT2D eigenvalue weighted by Crippen LogP contribution is 2.42. The van der Waals surface area contributed by atoms with Gasteiger partial charge in [-0.05, 0) is 42.0 Å². The van der Waals surface area contributed by atoms with Crippen LogP contribution < -0.4 is 9.47 Å². The van der Waals surface area contributed by atoms with E-state index < -0.39 is 0 Å². The second kappa shape index (κ2) is 9.30. The van der Waals surface area contributed by atoms with Crippen molar-refractivity contribution in [2.45, 2.75) is 0 Å². The Bertz CT molecular complexity index is 1590. The van der Waals surface area contributed by atoms with Gasteiger partial charge < -0.3 is 9.47 Å². The lowest BCUT2D eigenvalue weighted by Crippen LogP contribution is -1.97. The Kier molecular flexibility index (Phi) is 6.04. The average molecular weight is 501 g/mol. The first-order chi connectivity index (χ1) is 17.0. The molecule has 0 saturated carbocycles. The maximum atomic E-state index is 10.4. The molecule has 2 heterocycles. The van der Waals surface area contributed by atoms with Crippen molar-refractivity contribution in [3.8, 4) is 51.2 Å². The van der Waals surface area contributed by atoms with Gasteiger partial charge in [0.25, 0.3) is 0 Å². The largest absolute Gasteiger partial charge is 0.493 e. The van der Waals surface area contributed by atoms with E-state index in [1.807, 2.05) is 42.5 Å². The van der Waals surface area contributed by atoms with Crippen LogP contribution >= 0.6 is 23.2 Å². The number of H-pyrrole nitrogens is 1. The first kappa shape index (κ1) is 22.7. The molecular weight excluding hydrogens is 483 g/mol. The van der Waals surface area contributed by atoms with Crippen LogP contribution in [0.1, 0.15) is 5.56 Å². The Morgan fingerprint density at radius 2 is 1.40 bits per heavy atom. The molecule has 2 aromatic heterocycles. The minimum atomic E-state index is 0.406. The fourth-order valence-electron chi connectivity index (χ4n) is 4.09. The number of ether oxygens (including phenoxy) is 2. The minimum Gasteiger partial charge on any atom is -0.493 e. The number of rotatable bonds is 5. The summed E-state index contributed by atoms with van der Waals surface area (Å²) in [5.74, 6) is 1.13. The van der Waals surface area contributed by atoms with Gasteiger partial charge in [-0.15, -0.1) is 0 Å². The summed E-state index contributed by atoms with van der Waals surface area (Å²) < 4.78 is 11.0. The Morgan fingerprint density at radius 3 is 2.00 bits per heavy atom. The summed E-state index contributed by atoms with van der Waals surface area (Å²) in [5, 5.41) is 19.9. The lowest BCUT2D eigenvalue weighted by atomic mass is 9.92. The van der Waals surface area contributed by atoms with Gasteiger partial charge in [-0.2, -0.15) is 10.4 Å². The van der Waals surface area contributed by atoms with Crippen molar-refractivity contribution in [2.24, 2.45) is 0 Å². The molecule has 0 fully saturated rings. The van der Waals surface area contributed by atoms with E-state index in [1.165, 1.54) is 0 Å². The van der Waals surface area contributed by atoms with Gasteiger partial charge in [-0.3, -0.25) is 5.10 Å². The third-order valence-corrected chi connectivity index (χ3v) is 6.24. The van der Waals surface area contributed by atoms with Crippen molar-refractivity contribution < 1.29 is 9.47 Å². The van der Waals surface area contributed by atoms with E-state index in [0.717, 1.165) is 22.4 Å². The molecular formula is C27H18Cl2N4O2. The molecule has 0 atom stereocenters. The van der Waals surface area contributed by atoms with Crippen molar-refractivity contribution in [3.63, 3.8) is 0 Å². The molecule has 0 saturated heterocycles. The molecule has 0 aliphatic rings. The molecule has 8 heteroatoms. The molecule has 3 aromatic carbocycles. The van der Waals surface area contributed by atoms with Crippen LogP contribution in [0, 0.1) is 11.3 Å². The van der Waals surface area contributed by atoms with Gasteiger partial charge in [0.05, 0.1) is 36.6 Å². The van der Waals surface area contributed by atoms with E-state index in [1.54, 1.807) is 38.5 Å². The van der Waals surface area contributed by atoms with Crippen LogP contribution in [0.3, 0.4) is 0 Å². The van der Waals surface area contributed by atoms with Crippen molar-refractivity contribution in [1.82, 2.24) is 15.2 Å².